The first-order chi connectivity index (χ1) is 6.40. The highest BCUT2D eigenvalue weighted by Crippen LogP contribution is 2.63. The Kier molecular flexibility index (Phi) is 1.67. The largest absolute Gasteiger partial charge is 0.481 e. The zero-order valence-electron chi connectivity index (χ0n) is 7.80. The van der Waals surface area contributed by atoms with Gasteiger partial charge in [-0.15, -0.1) is 0 Å². The van der Waals surface area contributed by atoms with E-state index in [4.69, 9.17) is 15.9 Å². The van der Waals surface area contributed by atoms with E-state index in [0.29, 0.717) is 6.42 Å². The molecule has 2 aliphatic rings. The maximum atomic E-state index is 11.0. The van der Waals surface area contributed by atoms with Gasteiger partial charge in [-0.05, 0) is 18.3 Å². The summed E-state index contributed by atoms with van der Waals surface area (Å²) in [6, 6.07) is 0. The molecule has 0 radical (unpaired) electrons. The van der Waals surface area contributed by atoms with Gasteiger partial charge in [-0.2, -0.15) is 0 Å². The Balaban J connectivity index is 2.26. The van der Waals surface area contributed by atoms with Gasteiger partial charge in [0.15, 0.2) is 0 Å². The van der Waals surface area contributed by atoms with E-state index in [9.17, 15) is 9.59 Å². The fourth-order valence-corrected chi connectivity index (χ4v) is 2.94. The lowest BCUT2D eigenvalue weighted by atomic mass is 9.83. The molecule has 0 aliphatic heterocycles. The van der Waals surface area contributed by atoms with Crippen LogP contribution in [0.5, 0.6) is 0 Å². The molecule has 5 nitrogen and oxygen atoms in total. The third-order valence-electron chi connectivity index (χ3n) is 3.82. The van der Waals surface area contributed by atoms with Gasteiger partial charge in [-0.1, -0.05) is 6.92 Å². The number of hydrogen-bond acceptors (Lipinski definition) is 3. The molecule has 0 aromatic rings. The molecule has 2 saturated carbocycles. The quantitative estimate of drug-likeness (QED) is 0.569. The van der Waals surface area contributed by atoms with Gasteiger partial charge in [0.1, 0.15) is 5.54 Å². The smallest absolute Gasteiger partial charge is 0.324 e. The monoisotopic (exact) mass is 199 g/mol. The number of aliphatic carboxylic acids is 2. The fraction of sp³-hybridized carbons (Fsp3) is 0.778. The molecule has 0 spiro atoms. The molecule has 2 fully saturated rings. The highest BCUT2D eigenvalue weighted by molar-refractivity contribution is 5.85. The van der Waals surface area contributed by atoms with Crippen LogP contribution in [-0.2, 0) is 9.59 Å². The predicted molar refractivity (Wildman–Crippen MR) is 46.4 cm³/mol. The maximum Gasteiger partial charge on any atom is 0.324 e. The van der Waals surface area contributed by atoms with Crippen molar-refractivity contribution in [2.75, 3.05) is 0 Å². The molecule has 5 atom stereocenters. The molecule has 14 heavy (non-hydrogen) atoms. The molecule has 0 amide bonds. The van der Waals surface area contributed by atoms with Crippen LogP contribution in [0.4, 0.5) is 0 Å². The molecule has 0 bridgehead atoms. The van der Waals surface area contributed by atoms with Crippen LogP contribution < -0.4 is 5.73 Å². The average molecular weight is 199 g/mol. The summed E-state index contributed by atoms with van der Waals surface area (Å²) in [4.78, 5) is 21.8. The minimum Gasteiger partial charge on any atom is -0.481 e. The van der Waals surface area contributed by atoms with Gasteiger partial charge in [0.2, 0.25) is 0 Å². The van der Waals surface area contributed by atoms with Crippen LogP contribution in [0.25, 0.3) is 0 Å². The first-order valence-electron chi connectivity index (χ1n) is 4.65. The molecule has 0 saturated heterocycles. The summed E-state index contributed by atoms with van der Waals surface area (Å²) < 4.78 is 0. The number of carbonyl (C=O) groups is 2. The summed E-state index contributed by atoms with van der Waals surface area (Å²) in [5.41, 5.74) is 4.47. The van der Waals surface area contributed by atoms with Crippen molar-refractivity contribution in [3.63, 3.8) is 0 Å². The Hall–Kier alpha value is -1.10. The van der Waals surface area contributed by atoms with Gasteiger partial charge < -0.3 is 15.9 Å². The molecule has 4 N–H and O–H groups in total. The second kappa shape index (κ2) is 2.48. The summed E-state index contributed by atoms with van der Waals surface area (Å²) in [5.74, 6) is -3.04. The molecular weight excluding hydrogens is 186 g/mol. The van der Waals surface area contributed by atoms with Crippen LogP contribution in [0.2, 0.25) is 0 Å². The van der Waals surface area contributed by atoms with E-state index in [2.05, 4.69) is 0 Å². The third-order valence-corrected chi connectivity index (χ3v) is 3.82. The van der Waals surface area contributed by atoms with Crippen molar-refractivity contribution in [1.82, 2.24) is 0 Å². The minimum absolute atomic E-state index is 0.0244. The minimum atomic E-state index is -1.33. The van der Waals surface area contributed by atoms with Gasteiger partial charge in [0, 0.05) is 5.92 Å². The lowest BCUT2D eigenvalue weighted by Crippen LogP contribution is -2.54. The molecule has 2 rings (SSSR count). The lowest BCUT2D eigenvalue weighted by molar-refractivity contribution is -0.147. The summed E-state index contributed by atoms with van der Waals surface area (Å²) in [6.45, 7) is 1.78. The van der Waals surface area contributed by atoms with E-state index in [1.165, 1.54) is 0 Å². The van der Waals surface area contributed by atoms with Gasteiger partial charge >= 0.3 is 11.9 Å². The second-order valence-electron chi connectivity index (χ2n) is 4.43. The van der Waals surface area contributed by atoms with E-state index in [0.717, 1.165) is 0 Å². The number of fused-ring (bicyclic) bond motifs is 1. The van der Waals surface area contributed by atoms with Crippen LogP contribution in [0.3, 0.4) is 0 Å². The van der Waals surface area contributed by atoms with E-state index in [1.54, 1.807) is 6.92 Å². The standard InChI is InChI=1S/C9H13NO4/c1-3-2-4-5(7(11)12)6(4)9(3,10)8(13)14/h3-6H,2,10H2,1H3,(H,11,12)(H,13,14)/t3-,4-,5-,6-,9-/m0/s1. The maximum absolute atomic E-state index is 11.0. The lowest BCUT2D eigenvalue weighted by Gasteiger charge is -2.27. The van der Waals surface area contributed by atoms with Crippen molar-refractivity contribution >= 4 is 11.9 Å². The van der Waals surface area contributed by atoms with E-state index < -0.39 is 23.4 Å². The summed E-state index contributed by atoms with van der Waals surface area (Å²) in [7, 11) is 0. The van der Waals surface area contributed by atoms with Crippen LogP contribution >= 0.6 is 0 Å². The van der Waals surface area contributed by atoms with Crippen molar-refractivity contribution in [3.8, 4) is 0 Å². The fourth-order valence-electron chi connectivity index (χ4n) is 2.94. The molecule has 0 unspecified atom stereocenters. The van der Waals surface area contributed by atoms with E-state index >= 15 is 0 Å². The first kappa shape index (κ1) is 9.45. The topological polar surface area (TPSA) is 101 Å². The van der Waals surface area contributed by atoms with E-state index in [1.807, 2.05) is 0 Å². The Morgan fingerprint density at radius 3 is 2.43 bits per heavy atom. The second-order valence-corrected chi connectivity index (χ2v) is 4.43. The summed E-state index contributed by atoms with van der Waals surface area (Å²) in [5, 5.41) is 17.8. The van der Waals surface area contributed by atoms with Crippen LogP contribution in [0.15, 0.2) is 0 Å². The van der Waals surface area contributed by atoms with Crippen molar-refractivity contribution in [2.45, 2.75) is 18.9 Å². The van der Waals surface area contributed by atoms with Gasteiger partial charge in [0.05, 0.1) is 5.92 Å². The molecule has 2 aliphatic carbocycles. The van der Waals surface area contributed by atoms with Gasteiger partial charge in [-0.3, -0.25) is 9.59 Å². The SMILES string of the molecule is C[C@H]1C[C@H]2[C@H](C(=O)O)[C@H]2[C@]1(N)C(=O)O. The van der Waals surface area contributed by atoms with Gasteiger partial charge in [-0.25, -0.2) is 0 Å². The normalized spacial score (nSPS) is 49.9. The van der Waals surface area contributed by atoms with Crippen molar-refractivity contribution in [1.29, 1.82) is 0 Å². The van der Waals surface area contributed by atoms with Crippen molar-refractivity contribution < 1.29 is 19.8 Å². The third kappa shape index (κ3) is 0.877. The zero-order chi connectivity index (χ0) is 10.7. The summed E-state index contributed by atoms with van der Waals surface area (Å²) in [6.07, 6.45) is 0.616. The Morgan fingerprint density at radius 2 is 2.00 bits per heavy atom. The number of nitrogens with two attached hydrogens (primary N) is 1. The number of hydrogen-bond donors (Lipinski definition) is 3. The van der Waals surface area contributed by atoms with E-state index in [-0.39, 0.29) is 17.8 Å². The predicted octanol–water partition coefficient (Wildman–Crippen LogP) is -0.245. The van der Waals surface area contributed by atoms with Crippen LogP contribution in [0, 0.1) is 23.7 Å². The average Bonchev–Trinajstić information content (AvgIpc) is 2.70. The van der Waals surface area contributed by atoms with Gasteiger partial charge in [0.25, 0.3) is 0 Å². The molecule has 0 heterocycles. The number of carboxylic acid groups (broad SMARTS) is 2. The van der Waals surface area contributed by atoms with Crippen molar-refractivity contribution in [2.24, 2.45) is 29.4 Å². The number of carboxylic acids is 2. The van der Waals surface area contributed by atoms with Crippen LogP contribution in [-0.4, -0.2) is 27.7 Å². The Labute approximate surface area is 80.9 Å². The number of rotatable bonds is 2. The Morgan fingerprint density at radius 1 is 1.43 bits per heavy atom. The van der Waals surface area contributed by atoms with Crippen molar-refractivity contribution in [3.05, 3.63) is 0 Å². The molecule has 78 valence electrons. The zero-order valence-corrected chi connectivity index (χ0v) is 7.80. The first-order valence-corrected chi connectivity index (χ1v) is 4.65. The summed E-state index contributed by atoms with van der Waals surface area (Å²) >= 11 is 0. The Bertz CT molecular complexity index is 316. The van der Waals surface area contributed by atoms with Crippen LogP contribution in [0.1, 0.15) is 13.3 Å². The molecule has 5 heteroatoms. The highest BCUT2D eigenvalue weighted by atomic mass is 16.4. The molecular formula is C9H13NO4. The molecule has 0 aromatic heterocycles. The highest BCUT2D eigenvalue weighted by Gasteiger charge is 2.72. The molecule has 0 aromatic carbocycles.